The third-order valence-corrected chi connectivity index (χ3v) is 4.98. The van der Waals surface area contributed by atoms with Crippen LogP contribution in [0.25, 0.3) is 0 Å². The van der Waals surface area contributed by atoms with Crippen LogP contribution >= 0.6 is 0 Å². The fraction of sp³-hybridized carbons (Fsp3) is 0.765. The molecule has 0 saturated heterocycles. The Hall–Kier alpha value is -0.760. The first-order valence-corrected chi connectivity index (χ1v) is 7.91. The largest absolute Gasteiger partial charge is 0.349 e. The number of nitrogens with zero attached hydrogens (tertiary/aromatic N) is 1. The van der Waals surface area contributed by atoms with E-state index in [9.17, 15) is 0 Å². The van der Waals surface area contributed by atoms with Gasteiger partial charge in [0.15, 0.2) is 0 Å². The zero-order valence-electron chi connectivity index (χ0n) is 13.3. The first-order valence-electron chi connectivity index (χ1n) is 7.91. The molecule has 1 N–H and O–H groups in total. The van der Waals surface area contributed by atoms with Crippen molar-refractivity contribution in [1.82, 2.24) is 9.88 Å². The molecule has 0 radical (unpaired) electrons. The molecule has 2 nitrogen and oxygen atoms in total. The van der Waals surface area contributed by atoms with Gasteiger partial charge < -0.3 is 9.88 Å². The van der Waals surface area contributed by atoms with Crippen molar-refractivity contribution in [2.75, 3.05) is 0 Å². The second-order valence-electron chi connectivity index (χ2n) is 6.52. The molecule has 0 aliphatic heterocycles. The minimum absolute atomic E-state index is 0.709. The predicted octanol–water partition coefficient (Wildman–Crippen LogP) is 4.04. The van der Waals surface area contributed by atoms with Gasteiger partial charge in [0.25, 0.3) is 0 Å². The Morgan fingerprint density at radius 3 is 2.58 bits per heavy atom. The summed E-state index contributed by atoms with van der Waals surface area (Å²) >= 11 is 0. The summed E-state index contributed by atoms with van der Waals surface area (Å²) in [6.07, 6.45) is 4.11. The molecule has 0 aromatic carbocycles. The van der Waals surface area contributed by atoms with E-state index in [0.717, 1.165) is 24.9 Å². The van der Waals surface area contributed by atoms with Crippen molar-refractivity contribution < 1.29 is 0 Å². The first-order chi connectivity index (χ1) is 9.02. The summed E-state index contributed by atoms with van der Waals surface area (Å²) in [6.45, 7) is 13.6. The molecule has 0 bridgehead atoms. The topological polar surface area (TPSA) is 17.0 Å². The molecule has 0 spiro atoms. The Morgan fingerprint density at radius 2 is 2.00 bits per heavy atom. The fourth-order valence-corrected chi connectivity index (χ4v) is 3.75. The van der Waals surface area contributed by atoms with Gasteiger partial charge in [0, 0.05) is 30.5 Å². The quantitative estimate of drug-likeness (QED) is 0.866. The molecule has 3 unspecified atom stereocenters. The Kier molecular flexibility index (Phi) is 4.72. The van der Waals surface area contributed by atoms with Crippen LogP contribution in [-0.4, -0.2) is 10.6 Å². The minimum atomic E-state index is 0.709. The van der Waals surface area contributed by atoms with E-state index in [1.807, 2.05) is 0 Å². The minimum Gasteiger partial charge on any atom is -0.349 e. The van der Waals surface area contributed by atoms with Crippen LogP contribution in [0.4, 0.5) is 0 Å². The van der Waals surface area contributed by atoms with Crippen LogP contribution in [0.3, 0.4) is 0 Å². The van der Waals surface area contributed by atoms with Crippen molar-refractivity contribution in [3.05, 3.63) is 23.0 Å². The Morgan fingerprint density at radius 1 is 1.26 bits per heavy atom. The van der Waals surface area contributed by atoms with Crippen molar-refractivity contribution in [2.45, 2.75) is 73.0 Å². The van der Waals surface area contributed by atoms with E-state index in [-0.39, 0.29) is 0 Å². The van der Waals surface area contributed by atoms with Crippen molar-refractivity contribution in [2.24, 2.45) is 11.8 Å². The summed E-state index contributed by atoms with van der Waals surface area (Å²) in [7, 11) is 0. The van der Waals surface area contributed by atoms with E-state index >= 15 is 0 Å². The zero-order valence-corrected chi connectivity index (χ0v) is 13.3. The summed E-state index contributed by atoms with van der Waals surface area (Å²) in [6, 6.07) is 3.06. The molecule has 2 rings (SSSR count). The normalized spacial score (nSPS) is 27.7. The fourth-order valence-electron chi connectivity index (χ4n) is 3.75. The number of hydrogen-bond acceptors (Lipinski definition) is 1. The highest BCUT2D eigenvalue weighted by molar-refractivity contribution is 5.26. The van der Waals surface area contributed by atoms with Crippen LogP contribution in [0.2, 0.25) is 0 Å². The van der Waals surface area contributed by atoms with Gasteiger partial charge >= 0.3 is 0 Å². The standard InChI is InChI=1S/C17H30N2/c1-6-19-14(4)10-16(15(19)5)11-18-17-8-7-12(2)9-13(17)3/h10,12-13,17-18H,6-9,11H2,1-5H3. The maximum absolute atomic E-state index is 3.80. The Balaban J connectivity index is 1.95. The van der Waals surface area contributed by atoms with E-state index in [2.05, 4.69) is 50.6 Å². The molecule has 19 heavy (non-hydrogen) atoms. The molecule has 1 aromatic heterocycles. The van der Waals surface area contributed by atoms with Crippen LogP contribution in [0.5, 0.6) is 0 Å². The highest BCUT2D eigenvalue weighted by Crippen LogP contribution is 2.29. The van der Waals surface area contributed by atoms with Crippen molar-refractivity contribution in [1.29, 1.82) is 0 Å². The number of aromatic nitrogens is 1. The first kappa shape index (κ1) is 14.6. The number of rotatable bonds is 4. The molecule has 3 atom stereocenters. The Labute approximate surface area is 118 Å². The lowest BCUT2D eigenvalue weighted by Gasteiger charge is -2.33. The van der Waals surface area contributed by atoms with E-state index in [1.54, 1.807) is 0 Å². The van der Waals surface area contributed by atoms with Gasteiger partial charge in [-0.25, -0.2) is 0 Å². The average molecular weight is 262 g/mol. The molecule has 1 aromatic rings. The average Bonchev–Trinajstić information content (AvgIpc) is 2.63. The summed E-state index contributed by atoms with van der Waals surface area (Å²) in [5, 5.41) is 3.80. The molecule has 1 saturated carbocycles. The third-order valence-electron chi connectivity index (χ3n) is 4.98. The van der Waals surface area contributed by atoms with E-state index in [1.165, 1.54) is 36.2 Å². The van der Waals surface area contributed by atoms with Crippen LogP contribution in [0, 0.1) is 25.7 Å². The summed E-state index contributed by atoms with van der Waals surface area (Å²) in [5.41, 5.74) is 4.30. The van der Waals surface area contributed by atoms with Crippen LogP contribution in [0.1, 0.15) is 57.0 Å². The van der Waals surface area contributed by atoms with Gasteiger partial charge in [-0.05, 0) is 63.5 Å². The SMILES string of the molecule is CCn1c(C)cc(CNC2CCC(C)CC2C)c1C. The van der Waals surface area contributed by atoms with Gasteiger partial charge in [0.2, 0.25) is 0 Å². The lowest BCUT2D eigenvalue weighted by Crippen LogP contribution is -2.38. The second-order valence-corrected chi connectivity index (χ2v) is 6.52. The summed E-state index contributed by atoms with van der Waals surface area (Å²) in [4.78, 5) is 0. The third kappa shape index (κ3) is 3.22. The number of aryl methyl sites for hydroxylation is 1. The molecule has 1 heterocycles. The smallest absolute Gasteiger partial charge is 0.0226 e. The van der Waals surface area contributed by atoms with Gasteiger partial charge in [-0.2, -0.15) is 0 Å². The molecule has 1 aliphatic carbocycles. The van der Waals surface area contributed by atoms with Crippen molar-refractivity contribution in [3.8, 4) is 0 Å². The summed E-state index contributed by atoms with van der Waals surface area (Å²) in [5.74, 6) is 1.73. The molecule has 108 valence electrons. The molecule has 1 fully saturated rings. The lowest BCUT2D eigenvalue weighted by atomic mass is 9.80. The monoisotopic (exact) mass is 262 g/mol. The van der Waals surface area contributed by atoms with Gasteiger partial charge in [0.05, 0.1) is 0 Å². The predicted molar refractivity (Wildman–Crippen MR) is 82.4 cm³/mol. The maximum Gasteiger partial charge on any atom is 0.0226 e. The van der Waals surface area contributed by atoms with Crippen LogP contribution in [0.15, 0.2) is 6.07 Å². The summed E-state index contributed by atoms with van der Waals surface area (Å²) < 4.78 is 2.41. The molecular weight excluding hydrogens is 232 g/mol. The van der Waals surface area contributed by atoms with Crippen LogP contribution in [-0.2, 0) is 13.1 Å². The Bertz CT molecular complexity index is 419. The maximum atomic E-state index is 3.80. The van der Waals surface area contributed by atoms with Gasteiger partial charge in [0.1, 0.15) is 0 Å². The van der Waals surface area contributed by atoms with Gasteiger partial charge in [-0.3, -0.25) is 0 Å². The molecule has 2 heteroatoms. The second kappa shape index (κ2) is 6.13. The highest BCUT2D eigenvalue weighted by atomic mass is 15.0. The molecular formula is C17H30N2. The number of hydrogen-bond donors (Lipinski definition) is 1. The lowest BCUT2D eigenvalue weighted by molar-refractivity contribution is 0.227. The van der Waals surface area contributed by atoms with Crippen molar-refractivity contribution >= 4 is 0 Å². The van der Waals surface area contributed by atoms with Gasteiger partial charge in [-0.1, -0.05) is 13.8 Å². The van der Waals surface area contributed by atoms with E-state index in [0.29, 0.717) is 6.04 Å². The van der Waals surface area contributed by atoms with E-state index in [4.69, 9.17) is 0 Å². The highest BCUT2D eigenvalue weighted by Gasteiger charge is 2.24. The zero-order chi connectivity index (χ0) is 14.0. The molecule has 0 amide bonds. The van der Waals surface area contributed by atoms with E-state index < -0.39 is 0 Å². The van der Waals surface area contributed by atoms with Gasteiger partial charge in [-0.15, -0.1) is 0 Å². The van der Waals surface area contributed by atoms with Crippen LogP contribution < -0.4 is 5.32 Å². The molecule has 1 aliphatic rings. The van der Waals surface area contributed by atoms with Crippen molar-refractivity contribution in [3.63, 3.8) is 0 Å². The number of nitrogens with one attached hydrogen (secondary N) is 1.